The van der Waals surface area contributed by atoms with E-state index < -0.39 is 5.60 Å². The second-order valence-electron chi connectivity index (χ2n) is 5.39. The molecule has 1 saturated heterocycles. The minimum absolute atomic E-state index is 0.380. The van der Waals surface area contributed by atoms with Gasteiger partial charge in [0.15, 0.2) is 0 Å². The van der Waals surface area contributed by atoms with E-state index in [9.17, 15) is 5.11 Å². The topological polar surface area (TPSA) is 23.5 Å². The molecule has 4 heteroatoms. The number of hydrogen-bond acceptors (Lipinski definition) is 2. The quantitative estimate of drug-likeness (QED) is 0.901. The molecule has 1 N–H and O–H groups in total. The maximum absolute atomic E-state index is 10.7. The van der Waals surface area contributed by atoms with Crippen molar-refractivity contribution in [1.29, 1.82) is 0 Å². The van der Waals surface area contributed by atoms with Crippen LogP contribution in [-0.4, -0.2) is 35.2 Å². The summed E-state index contributed by atoms with van der Waals surface area (Å²) in [5, 5.41) is 12.0. The molecule has 1 aromatic rings. The van der Waals surface area contributed by atoms with E-state index in [0.29, 0.717) is 22.5 Å². The molecule has 100 valence electrons. The summed E-state index contributed by atoms with van der Waals surface area (Å²) < 4.78 is 0. The fraction of sp³-hybridized carbons (Fsp3) is 0.571. The highest BCUT2D eigenvalue weighted by molar-refractivity contribution is 6.36. The zero-order chi connectivity index (χ0) is 13.3. The Balaban J connectivity index is 2.18. The minimum atomic E-state index is -0.694. The monoisotopic (exact) mass is 287 g/mol. The molecule has 1 aliphatic rings. The smallest absolute Gasteiger partial charge is 0.0716 e. The number of aliphatic hydroxyl groups is 1. The van der Waals surface area contributed by atoms with Gasteiger partial charge in [0.1, 0.15) is 0 Å². The Morgan fingerprint density at radius 1 is 1.39 bits per heavy atom. The van der Waals surface area contributed by atoms with E-state index in [1.165, 1.54) is 0 Å². The van der Waals surface area contributed by atoms with Gasteiger partial charge in [0.05, 0.1) is 5.60 Å². The van der Waals surface area contributed by atoms with E-state index in [-0.39, 0.29) is 0 Å². The molecule has 2 unspecified atom stereocenters. The van der Waals surface area contributed by atoms with Crippen molar-refractivity contribution in [3.8, 4) is 0 Å². The number of benzene rings is 1. The number of piperidine rings is 1. The van der Waals surface area contributed by atoms with E-state index in [1.807, 2.05) is 18.2 Å². The maximum Gasteiger partial charge on any atom is 0.0716 e. The highest BCUT2D eigenvalue weighted by Gasteiger charge is 2.36. The van der Waals surface area contributed by atoms with Crippen molar-refractivity contribution in [2.75, 3.05) is 13.6 Å². The number of rotatable bonds is 2. The molecule has 1 fully saturated rings. The van der Waals surface area contributed by atoms with Crippen LogP contribution in [0.2, 0.25) is 10.0 Å². The lowest BCUT2D eigenvalue weighted by molar-refractivity contribution is -0.0353. The molecule has 0 aliphatic carbocycles. The Hall–Kier alpha value is -0.280. The van der Waals surface area contributed by atoms with Gasteiger partial charge in [-0.2, -0.15) is 0 Å². The molecule has 0 spiro atoms. The number of likely N-dealkylation sites (tertiary alicyclic amines) is 1. The normalized spacial score (nSPS) is 29.5. The van der Waals surface area contributed by atoms with Crippen LogP contribution >= 0.6 is 23.2 Å². The Labute approximate surface area is 119 Å². The standard InChI is InChI=1S/C14H19Cl2NO/c1-10-8-14(18,6-7-17(10)2)9-11-12(15)4-3-5-13(11)16/h3-5,10,18H,6-9H2,1-2H3. The van der Waals surface area contributed by atoms with Crippen LogP contribution in [-0.2, 0) is 6.42 Å². The van der Waals surface area contributed by atoms with Gasteiger partial charge >= 0.3 is 0 Å². The second-order valence-corrected chi connectivity index (χ2v) is 6.20. The molecule has 0 amide bonds. The van der Waals surface area contributed by atoms with Crippen molar-refractivity contribution < 1.29 is 5.11 Å². The minimum Gasteiger partial charge on any atom is -0.389 e. The van der Waals surface area contributed by atoms with Gasteiger partial charge in [0, 0.05) is 29.1 Å². The zero-order valence-corrected chi connectivity index (χ0v) is 12.3. The average Bonchev–Trinajstić information content (AvgIpc) is 2.30. The van der Waals surface area contributed by atoms with Crippen molar-refractivity contribution in [2.24, 2.45) is 0 Å². The molecule has 0 saturated carbocycles. The van der Waals surface area contributed by atoms with Gasteiger partial charge in [0.25, 0.3) is 0 Å². The van der Waals surface area contributed by atoms with Crippen molar-refractivity contribution in [2.45, 2.75) is 37.8 Å². The average molecular weight is 288 g/mol. The largest absolute Gasteiger partial charge is 0.389 e. The van der Waals surface area contributed by atoms with Gasteiger partial charge in [-0.05, 0) is 44.5 Å². The van der Waals surface area contributed by atoms with Gasteiger partial charge in [-0.15, -0.1) is 0 Å². The zero-order valence-electron chi connectivity index (χ0n) is 10.8. The van der Waals surface area contributed by atoms with Crippen molar-refractivity contribution >= 4 is 23.2 Å². The number of hydrogen-bond donors (Lipinski definition) is 1. The third-order valence-electron chi connectivity index (χ3n) is 3.93. The summed E-state index contributed by atoms with van der Waals surface area (Å²) in [6, 6.07) is 5.86. The van der Waals surface area contributed by atoms with Crippen LogP contribution in [0.15, 0.2) is 18.2 Å². The molecule has 1 aliphatic heterocycles. The van der Waals surface area contributed by atoms with Crippen LogP contribution < -0.4 is 0 Å². The first-order valence-corrected chi connectivity index (χ1v) is 7.02. The third-order valence-corrected chi connectivity index (χ3v) is 4.63. The first kappa shape index (κ1) is 14.1. The summed E-state index contributed by atoms with van der Waals surface area (Å²) in [7, 11) is 2.09. The first-order chi connectivity index (χ1) is 8.41. The predicted octanol–water partition coefficient (Wildman–Crippen LogP) is 3.38. The molecule has 2 nitrogen and oxygen atoms in total. The number of nitrogens with zero attached hydrogens (tertiary/aromatic N) is 1. The predicted molar refractivity (Wildman–Crippen MR) is 76.4 cm³/mol. The fourth-order valence-corrected chi connectivity index (χ4v) is 3.13. The van der Waals surface area contributed by atoms with Crippen LogP contribution in [0.1, 0.15) is 25.3 Å². The summed E-state index contributed by atoms with van der Waals surface area (Å²) in [4.78, 5) is 2.27. The van der Waals surface area contributed by atoms with E-state index in [4.69, 9.17) is 23.2 Å². The van der Waals surface area contributed by atoms with Crippen LogP contribution in [0.25, 0.3) is 0 Å². The highest BCUT2D eigenvalue weighted by Crippen LogP contribution is 2.34. The highest BCUT2D eigenvalue weighted by atomic mass is 35.5. The molecule has 2 atom stereocenters. The molecule has 0 bridgehead atoms. The Morgan fingerprint density at radius 3 is 2.56 bits per heavy atom. The van der Waals surface area contributed by atoms with Crippen molar-refractivity contribution in [3.63, 3.8) is 0 Å². The maximum atomic E-state index is 10.7. The van der Waals surface area contributed by atoms with E-state index >= 15 is 0 Å². The summed E-state index contributed by atoms with van der Waals surface area (Å²) in [5.74, 6) is 0. The summed E-state index contributed by atoms with van der Waals surface area (Å²) in [6.45, 7) is 3.04. The van der Waals surface area contributed by atoms with Crippen molar-refractivity contribution in [1.82, 2.24) is 4.90 Å². The van der Waals surface area contributed by atoms with Gasteiger partial charge in [0.2, 0.25) is 0 Å². The third kappa shape index (κ3) is 3.00. The summed E-state index contributed by atoms with van der Waals surface area (Å²) in [6.07, 6.45) is 2.05. The summed E-state index contributed by atoms with van der Waals surface area (Å²) in [5.41, 5.74) is 0.167. The van der Waals surface area contributed by atoms with Gasteiger partial charge in [-0.25, -0.2) is 0 Å². The van der Waals surface area contributed by atoms with Gasteiger partial charge < -0.3 is 10.0 Å². The molecular weight excluding hydrogens is 269 g/mol. The molecule has 1 heterocycles. The number of halogens is 2. The Bertz CT molecular complexity index is 418. The summed E-state index contributed by atoms with van der Waals surface area (Å²) >= 11 is 12.3. The van der Waals surface area contributed by atoms with Crippen LogP contribution in [0.5, 0.6) is 0 Å². The van der Waals surface area contributed by atoms with Crippen LogP contribution in [0.3, 0.4) is 0 Å². The Morgan fingerprint density at radius 2 is 2.00 bits per heavy atom. The van der Waals surface area contributed by atoms with E-state index in [2.05, 4.69) is 18.9 Å². The lowest BCUT2D eigenvalue weighted by Crippen LogP contribution is -2.48. The van der Waals surface area contributed by atoms with Crippen LogP contribution in [0.4, 0.5) is 0 Å². The lowest BCUT2D eigenvalue weighted by atomic mass is 9.82. The SMILES string of the molecule is CC1CC(O)(Cc2c(Cl)cccc2Cl)CCN1C. The molecule has 0 aromatic heterocycles. The first-order valence-electron chi connectivity index (χ1n) is 6.27. The molecule has 0 radical (unpaired) electrons. The fourth-order valence-electron chi connectivity index (χ4n) is 2.60. The van der Waals surface area contributed by atoms with Gasteiger partial charge in [-0.3, -0.25) is 0 Å². The van der Waals surface area contributed by atoms with E-state index in [0.717, 1.165) is 24.9 Å². The molecule has 18 heavy (non-hydrogen) atoms. The van der Waals surface area contributed by atoms with Gasteiger partial charge in [-0.1, -0.05) is 29.3 Å². The van der Waals surface area contributed by atoms with E-state index in [1.54, 1.807) is 0 Å². The molecule has 2 rings (SSSR count). The van der Waals surface area contributed by atoms with Crippen molar-refractivity contribution in [3.05, 3.63) is 33.8 Å². The van der Waals surface area contributed by atoms with Crippen LogP contribution in [0, 0.1) is 0 Å². The second kappa shape index (κ2) is 5.38. The Kier molecular flexibility index (Phi) is 4.22. The lowest BCUT2D eigenvalue weighted by Gasteiger charge is -2.41. The molecular formula is C14H19Cl2NO. The molecule has 1 aromatic carbocycles.